The third-order valence-corrected chi connectivity index (χ3v) is 4.06. The van der Waals surface area contributed by atoms with Crippen LogP contribution in [0.3, 0.4) is 0 Å². The van der Waals surface area contributed by atoms with Crippen molar-refractivity contribution in [2.24, 2.45) is 4.99 Å². The van der Waals surface area contributed by atoms with Gasteiger partial charge in [-0.05, 0) is 48.2 Å². The van der Waals surface area contributed by atoms with Crippen LogP contribution in [0.2, 0.25) is 5.02 Å². The zero-order valence-electron chi connectivity index (χ0n) is 11.2. The monoisotopic (exact) mass is 332 g/mol. The number of amides is 1. The molecular weight excluding hydrogens is 323 g/mol. The van der Waals surface area contributed by atoms with Gasteiger partial charge in [-0.3, -0.25) is 4.79 Å². The van der Waals surface area contributed by atoms with Crippen LogP contribution in [0, 0.1) is 5.82 Å². The van der Waals surface area contributed by atoms with Crippen LogP contribution in [-0.4, -0.2) is 11.1 Å². The normalized spacial score (nSPS) is 18.0. The fourth-order valence-corrected chi connectivity index (χ4v) is 2.81. The van der Waals surface area contributed by atoms with Gasteiger partial charge in [-0.15, -0.1) is 0 Å². The number of halogens is 2. The van der Waals surface area contributed by atoms with Crippen molar-refractivity contribution >= 4 is 46.2 Å². The Morgan fingerprint density at radius 3 is 2.59 bits per heavy atom. The quantitative estimate of drug-likeness (QED) is 0.830. The summed E-state index contributed by atoms with van der Waals surface area (Å²) in [5.74, 6) is -0.660. The Kier molecular flexibility index (Phi) is 4.27. The van der Waals surface area contributed by atoms with E-state index in [1.54, 1.807) is 42.5 Å². The summed E-state index contributed by atoms with van der Waals surface area (Å²) in [5, 5.41) is 3.73. The molecule has 1 fully saturated rings. The van der Waals surface area contributed by atoms with Crippen molar-refractivity contribution in [3.63, 3.8) is 0 Å². The van der Waals surface area contributed by atoms with Crippen molar-refractivity contribution in [2.45, 2.75) is 0 Å². The number of hydrogen-bond acceptors (Lipinski definition) is 3. The number of nitrogens with one attached hydrogen (secondary N) is 1. The minimum Gasteiger partial charge on any atom is -0.300 e. The Balaban J connectivity index is 1.84. The first-order valence-electron chi connectivity index (χ1n) is 6.41. The van der Waals surface area contributed by atoms with E-state index in [2.05, 4.69) is 10.3 Å². The maximum Gasteiger partial charge on any atom is 0.264 e. The van der Waals surface area contributed by atoms with Gasteiger partial charge in [0.2, 0.25) is 0 Å². The molecule has 1 aliphatic rings. The molecule has 1 saturated heterocycles. The summed E-state index contributed by atoms with van der Waals surface area (Å²) in [4.78, 5) is 16.6. The summed E-state index contributed by atoms with van der Waals surface area (Å²) >= 11 is 6.98. The zero-order valence-corrected chi connectivity index (χ0v) is 12.8. The first kappa shape index (κ1) is 14.8. The smallest absolute Gasteiger partial charge is 0.264 e. The lowest BCUT2D eigenvalue weighted by Gasteiger charge is -1.97. The molecule has 22 heavy (non-hydrogen) atoms. The van der Waals surface area contributed by atoms with Crippen LogP contribution in [0.4, 0.5) is 10.1 Å². The summed E-state index contributed by atoms with van der Waals surface area (Å²) in [5.41, 5.74) is 1.05. The maximum absolute atomic E-state index is 13.6. The number of amidine groups is 1. The largest absolute Gasteiger partial charge is 0.300 e. The van der Waals surface area contributed by atoms with E-state index in [1.807, 2.05) is 0 Å². The topological polar surface area (TPSA) is 41.5 Å². The van der Waals surface area contributed by atoms with Crippen LogP contribution < -0.4 is 5.32 Å². The van der Waals surface area contributed by atoms with E-state index in [0.717, 1.165) is 0 Å². The van der Waals surface area contributed by atoms with Gasteiger partial charge in [0, 0.05) is 10.6 Å². The fraction of sp³-hybridized carbons (Fsp3) is 0. The lowest BCUT2D eigenvalue weighted by molar-refractivity contribution is -0.115. The number of nitrogens with zero attached hydrogens (tertiary/aromatic N) is 1. The highest BCUT2D eigenvalue weighted by atomic mass is 35.5. The van der Waals surface area contributed by atoms with E-state index in [0.29, 0.717) is 26.3 Å². The summed E-state index contributed by atoms with van der Waals surface area (Å²) in [6, 6.07) is 13.2. The Bertz CT molecular complexity index is 787. The van der Waals surface area contributed by atoms with Gasteiger partial charge >= 0.3 is 0 Å². The number of hydrogen-bond donors (Lipinski definition) is 1. The summed E-state index contributed by atoms with van der Waals surface area (Å²) in [7, 11) is 0. The van der Waals surface area contributed by atoms with Crippen LogP contribution in [0.15, 0.2) is 58.4 Å². The van der Waals surface area contributed by atoms with Gasteiger partial charge in [0.25, 0.3) is 5.91 Å². The van der Waals surface area contributed by atoms with Crippen molar-refractivity contribution in [3.05, 3.63) is 69.8 Å². The van der Waals surface area contributed by atoms with Crippen LogP contribution >= 0.6 is 23.4 Å². The molecule has 0 radical (unpaired) electrons. The van der Waals surface area contributed by atoms with Gasteiger partial charge in [-0.25, -0.2) is 9.38 Å². The predicted molar refractivity (Wildman–Crippen MR) is 88.7 cm³/mol. The standard InChI is InChI=1S/C16H10ClFN2OS/c17-11-5-7-12(8-6-11)19-16-20-15(21)14(22-16)9-10-3-1-2-4-13(10)18/h1-9H,(H,19,20,21)/b14-9+. The minimum absolute atomic E-state index is 0.291. The molecule has 0 unspecified atom stereocenters. The molecule has 1 heterocycles. The molecular formula is C16H10ClFN2OS. The third-order valence-electron chi connectivity index (χ3n) is 2.90. The van der Waals surface area contributed by atoms with E-state index < -0.39 is 0 Å². The van der Waals surface area contributed by atoms with Crippen molar-refractivity contribution in [2.75, 3.05) is 0 Å². The molecule has 0 aliphatic carbocycles. The molecule has 3 nitrogen and oxygen atoms in total. The molecule has 3 rings (SSSR count). The van der Waals surface area contributed by atoms with Crippen molar-refractivity contribution in [1.29, 1.82) is 0 Å². The zero-order chi connectivity index (χ0) is 15.5. The van der Waals surface area contributed by atoms with Gasteiger partial charge < -0.3 is 5.32 Å². The maximum atomic E-state index is 13.6. The Labute approximate surface area is 135 Å². The highest BCUT2D eigenvalue weighted by Gasteiger charge is 2.24. The molecule has 0 saturated carbocycles. The molecule has 6 heteroatoms. The molecule has 2 aromatic rings. The van der Waals surface area contributed by atoms with Crippen LogP contribution in [-0.2, 0) is 4.79 Å². The number of carbonyl (C=O) groups excluding carboxylic acids is 1. The van der Waals surface area contributed by atoms with Crippen LogP contribution in [0.5, 0.6) is 0 Å². The van der Waals surface area contributed by atoms with Gasteiger partial charge in [0.15, 0.2) is 5.17 Å². The van der Waals surface area contributed by atoms with E-state index in [4.69, 9.17) is 11.6 Å². The molecule has 2 aromatic carbocycles. The van der Waals surface area contributed by atoms with Gasteiger partial charge in [-0.2, -0.15) is 0 Å². The second-order valence-electron chi connectivity index (χ2n) is 4.48. The van der Waals surface area contributed by atoms with E-state index in [-0.39, 0.29) is 11.7 Å². The van der Waals surface area contributed by atoms with Crippen LogP contribution in [0.1, 0.15) is 5.56 Å². The first-order chi connectivity index (χ1) is 10.6. The predicted octanol–water partition coefficient (Wildman–Crippen LogP) is 4.37. The van der Waals surface area contributed by atoms with Gasteiger partial charge in [-0.1, -0.05) is 29.8 Å². The van der Waals surface area contributed by atoms with E-state index >= 15 is 0 Å². The molecule has 110 valence electrons. The molecule has 1 aliphatic heterocycles. The molecule has 0 spiro atoms. The van der Waals surface area contributed by atoms with Gasteiger partial charge in [0.05, 0.1) is 10.6 Å². The van der Waals surface area contributed by atoms with E-state index in [1.165, 1.54) is 23.9 Å². The first-order valence-corrected chi connectivity index (χ1v) is 7.61. The molecule has 0 aromatic heterocycles. The Morgan fingerprint density at radius 1 is 1.14 bits per heavy atom. The number of benzene rings is 2. The average molecular weight is 333 g/mol. The molecule has 1 N–H and O–H groups in total. The lowest BCUT2D eigenvalue weighted by atomic mass is 10.2. The number of carbonyl (C=O) groups is 1. The second-order valence-corrected chi connectivity index (χ2v) is 5.95. The number of thioether (sulfide) groups is 1. The molecule has 1 amide bonds. The van der Waals surface area contributed by atoms with Gasteiger partial charge in [0.1, 0.15) is 5.82 Å². The third kappa shape index (κ3) is 3.37. The summed E-state index contributed by atoms with van der Waals surface area (Å²) < 4.78 is 13.6. The number of rotatable bonds is 2. The van der Waals surface area contributed by atoms with Crippen molar-refractivity contribution < 1.29 is 9.18 Å². The highest BCUT2D eigenvalue weighted by Crippen LogP contribution is 2.28. The number of aliphatic imine (C=N–C) groups is 1. The Hall–Kier alpha value is -2.11. The second kappa shape index (κ2) is 6.34. The van der Waals surface area contributed by atoms with Crippen molar-refractivity contribution in [1.82, 2.24) is 5.32 Å². The summed E-state index contributed by atoms with van der Waals surface area (Å²) in [6.45, 7) is 0. The summed E-state index contributed by atoms with van der Waals surface area (Å²) in [6.07, 6.45) is 1.51. The average Bonchev–Trinajstić information content (AvgIpc) is 2.84. The van der Waals surface area contributed by atoms with Crippen LogP contribution in [0.25, 0.3) is 6.08 Å². The van der Waals surface area contributed by atoms with Crippen molar-refractivity contribution in [3.8, 4) is 0 Å². The molecule has 0 atom stereocenters. The highest BCUT2D eigenvalue weighted by molar-refractivity contribution is 8.18. The SMILES string of the molecule is O=C1NC(=Nc2ccc(Cl)cc2)S/C1=C/c1ccccc1F. The van der Waals surface area contributed by atoms with E-state index in [9.17, 15) is 9.18 Å². The lowest BCUT2D eigenvalue weighted by Crippen LogP contribution is -2.19. The molecule has 0 bridgehead atoms. The fourth-order valence-electron chi connectivity index (χ4n) is 1.85. The minimum atomic E-state index is -0.369. The Morgan fingerprint density at radius 2 is 1.86 bits per heavy atom.